The lowest BCUT2D eigenvalue weighted by Crippen LogP contribution is -2.47. The van der Waals surface area contributed by atoms with Crippen molar-refractivity contribution in [3.8, 4) is 0 Å². The minimum absolute atomic E-state index is 0.0460. The van der Waals surface area contributed by atoms with Crippen LogP contribution in [0.5, 0.6) is 0 Å². The van der Waals surface area contributed by atoms with Crippen molar-refractivity contribution in [3.05, 3.63) is 29.8 Å². The highest BCUT2D eigenvalue weighted by Gasteiger charge is 2.28. The van der Waals surface area contributed by atoms with E-state index in [1.165, 1.54) is 57.3 Å². The van der Waals surface area contributed by atoms with E-state index in [2.05, 4.69) is 42.7 Å². The number of carbonyl (C=O) groups is 2. The Labute approximate surface area is 214 Å². The molecule has 5 nitrogen and oxygen atoms in total. The number of amides is 1. The predicted octanol–water partition coefficient (Wildman–Crippen LogP) is 5.77. The minimum Gasteiger partial charge on any atom is -0.312 e. The third-order valence-corrected chi connectivity index (χ3v) is 7.77. The number of carbonyl (C=O) groups excluding carboxylic acids is 2. The number of piperazine rings is 1. The molecule has 0 aromatic heterocycles. The van der Waals surface area contributed by atoms with Gasteiger partial charge in [0.25, 0.3) is 0 Å². The van der Waals surface area contributed by atoms with Gasteiger partial charge in [0.2, 0.25) is 5.91 Å². The van der Waals surface area contributed by atoms with Crippen LogP contribution in [0.4, 0.5) is 5.69 Å². The molecular weight excluding hydrogens is 434 g/mol. The summed E-state index contributed by atoms with van der Waals surface area (Å²) in [5.74, 6) is 1.83. The molecule has 4 rings (SSSR count). The molecule has 0 unspecified atom stereocenters. The van der Waals surface area contributed by atoms with E-state index in [4.69, 9.17) is 0 Å². The van der Waals surface area contributed by atoms with Crippen molar-refractivity contribution < 1.29 is 9.59 Å². The monoisotopic (exact) mass is 483 g/mol. The molecule has 2 saturated heterocycles. The molecule has 0 spiro atoms. The van der Waals surface area contributed by atoms with Crippen molar-refractivity contribution >= 4 is 17.4 Å². The number of anilines is 1. The molecule has 5 heteroatoms. The number of piperidine rings is 1. The van der Waals surface area contributed by atoms with E-state index in [1.54, 1.807) is 4.90 Å². The van der Waals surface area contributed by atoms with Gasteiger partial charge in [-0.2, -0.15) is 0 Å². The average Bonchev–Trinajstić information content (AvgIpc) is 2.83. The zero-order valence-electron chi connectivity index (χ0n) is 23.0. The summed E-state index contributed by atoms with van der Waals surface area (Å²) in [6.07, 6.45) is 7.59. The molecule has 1 amide bonds. The van der Waals surface area contributed by atoms with Crippen LogP contribution in [-0.4, -0.2) is 60.8 Å². The van der Waals surface area contributed by atoms with E-state index < -0.39 is 0 Å². The van der Waals surface area contributed by atoms with Crippen LogP contribution in [0.15, 0.2) is 24.3 Å². The second-order valence-corrected chi connectivity index (χ2v) is 11.9. The fraction of sp³-hybridized carbons (Fsp3) is 0.733. The molecular formula is C30H49N3O2. The van der Waals surface area contributed by atoms with Crippen LogP contribution in [0, 0.1) is 17.3 Å². The van der Waals surface area contributed by atoms with Gasteiger partial charge in [0.1, 0.15) is 5.78 Å². The smallest absolute Gasteiger partial charge is 0.234 e. The van der Waals surface area contributed by atoms with Gasteiger partial charge in [-0.3, -0.25) is 14.5 Å². The van der Waals surface area contributed by atoms with Gasteiger partial charge < -0.3 is 9.80 Å². The van der Waals surface area contributed by atoms with E-state index >= 15 is 0 Å². The second-order valence-electron chi connectivity index (χ2n) is 11.9. The number of Topliss-reactive ketones (excluding diaryl/α,β-unsaturated/α-hetero) is 1. The van der Waals surface area contributed by atoms with Gasteiger partial charge in [-0.15, -0.1) is 0 Å². The Bertz CT molecular complexity index is 798. The van der Waals surface area contributed by atoms with Crippen molar-refractivity contribution in [3.63, 3.8) is 0 Å². The largest absolute Gasteiger partial charge is 0.312 e. The SMILES string of the molecule is CC.CC(C)(C)CC1CCC(CN2CCN(Cc3ccc(N4CCC(=O)CC4=O)cc3)CC2)CC1. The molecule has 2 heterocycles. The highest BCUT2D eigenvalue weighted by atomic mass is 16.2. The molecule has 3 aliphatic rings. The van der Waals surface area contributed by atoms with E-state index in [1.807, 2.05) is 26.0 Å². The Balaban J connectivity index is 0.00000167. The lowest BCUT2D eigenvalue weighted by Gasteiger charge is -2.39. The molecule has 2 aliphatic heterocycles. The van der Waals surface area contributed by atoms with Crippen molar-refractivity contribution in [2.24, 2.45) is 17.3 Å². The standard InChI is InChI=1S/C28H43N3O2.C2H6/c1-28(2,3)19-22-4-6-23(7-5-22)20-29-14-16-30(17-15-29)21-24-8-10-25(11-9-24)31-13-12-26(32)18-27(31)33;1-2/h8-11,22-23H,4-7,12-21H2,1-3H3;1-2H3. The first-order chi connectivity index (χ1) is 16.7. The molecule has 1 aliphatic carbocycles. The van der Waals surface area contributed by atoms with Gasteiger partial charge >= 0.3 is 0 Å². The van der Waals surface area contributed by atoms with Crippen molar-refractivity contribution in [1.29, 1.82) is 0 Å². The zero-order valence-corrected chi connectivity index (χ0v) is 23.0. The van der Waals surface area contributed by atoms with Crippen LogP contribution in [0.3, 0.4) is 0 Å². The Hall–Kier alpha value is -1.72. The number of benzene rings is 1. The molecule has 35 heavy (non-hydrogen) atoms. The third-order valence-electron chi connectivity index (χ3n) is 7.77. The molecule has 0 bridgehead atoms. The molecule has 0 N–H and O–H groups in total. The highest BCUT2D eigenvalue weighted by molar-refractivity contribution is 6.08. The Morgan fingerprint density at radius 2 is 1.37 bits per heavy atom. The summed E-state index contributed by atoms with van der Waals surface area (Å²) < 4.78 is 0. The van der Waals surface area contributed by atoms with Crippen LogP contribution in [0.1, 0.15) is 85.1 Å². The number of hydrogen-bond acceptors (Lipinski definition) is 4. The summed E-state index contributed by atoms with van der Waals surface area (Å²) in [5, 5.41) is 0. The molecule has 0 atom stereocenters. The summed E-state index contributed by atoms with van der Waals surface area (Å²) in [6, 6.07) is 8.35. The van der Waals surface area contributed by atoms with Gasteiger partial charge in [0.05, 0.1) is 6.42 Å². The Morgan fingerprint density at radius 3 is 1.94 bits per heavy atom. The van der Waals surface area contributed by atoms with Crippen molar-refractivity contribution in [1.82, 2.24) is 9.80 Å². The van der Waals surface area contributed by atoms with Gasteiger partial charge in [0.15, 0.2) is 0 Å². The van der Waals surface area contributed by atoms with E-state index in [9.17, 15) is 9.59 Å². The maximum atomic E-state index is 12.1. The third kappa shape index (κ3) is 8.71. The quantitative estimate of drug-likeness (QED) is 0.482. The van der Waals surface area contributed by atoms with Crippen LogP contribution in [0.25, 0.3) is 0 Å². The summed E-state index contributed by atoms with van der Waals surface area (Å²) in [4.78, 5) is 30.6. The van der Waals surface area contributed by atoms with E-state index in [-0.39, 0.29) is 18.1 Å². The van der Waals surface area contributed by atoms with E-state index in [0.717, 1.165) is 37.2 Å². The fourth-order valence-electron chi connectivity index (χ4n) is 6.01. The summed E-state index contributed by atoms with van der Waals surface area (Å²) >= 11 is 0. The lowest BCUT2D eigenvalue weighted by atomic mass is 9.74. The summed E-state index contributed by atoms with van der Waals surface area (Å²) in [6.45, 7) is 18.5. The topological polar surface area (TPSA) is 43.9 Å². The molecule has 196 valence electrons. The lowest BCUT2D eigenvalue weighted by molar-refractivity contribution is -0.128. The average molecular weight is 484 g/mol. The van der Waals surface area contributed by atoms with Gasteiger partial charge in [-0.05, 0) is 54.2 Å². The molecule has 1 aromatic rings. The first-order valence-electron chi connectivity index (χ1n) is 14.1. The molecule has 3 fully saturated rings. The van der Waals surface area contributed by atoms with Gasteiger partial charge in [0, 0.05) is 57.9 Å². The number of ketones is 1. The van der Waals surface area contributed by atoms with Crippen LogP contribution in [0.2, 0.25) is 0 Å². The van der Waals surface area contributed by atoms with Crippen molar-refractivity contribution in [2.45, 2.75) is 86.1 Å². The van der Waals surface area contributed by atoms with Gasteiger partial charge in [-0.1, -0.05) is 59.6 Å². The minimum atomic E-state index is -0.0715. The number of rotatable bonds is 6. The molecule has 1 saturated carbocycles. The van der Waals surface area contributed by atoms with E-state index in [0.29, 0.717) is 18.4 Å². The normalized spacial score (nSPS) is 24.8. The maximum absolute atomic E-state index is 12.1. The van der Waals surface area contributed by atoms with Crippen LogP contribution in [-0.2, 0) is 16.1 Å². The van der Waals surface area contributed by atoms with Crippen LogP contribution < -0.4 is 4.90 Å². The molecule has 0 radical (unpaired) electrons. The highest BCUT2D eigenvalue weighted by Crippen LogP contribution is 2.36. The summed E-state index contributed by atoms with van der Waals surface area (Å²) in [5.41, 5.74) is 2.68. The van der Waals surface area contributed by atoms with Crippen molar-refractivity contribution in [2.75, 3.05) is 44.2 Å². The zero-order chi connectivity index (χ0) is 25.4. The Morgan fingerprint density at radius 1 is 0.800 bits per heavy atom. The first kappa shape index (κ1) is 27.9. The van der Waals surface area contributed by atoms with Gasteiger partial charge in [-0.25, -0.2) is 0 Å². The maximum Gasteiger partial charge on any atom is 0.234 e. The molecule has 1 aromatic carbocycles. The predicted molar refractivity (Wildman–Crippen MR) is 146 cm³/mol. The fourth-order valence-corrected chi connectivity index (χ4v) is 6.01. The number of hydrogen-bond donors (Lipinski definition) is 0. The summed E-state index contributed by atoms with van der Waals surface area (Å²) in [7, 11) is 0. The first-order valence-corrected chi connectivity index (χ1v) is 14.1. The number of nitrogens with zero attached hydrogens (tertiary/aromatic N) is 3. The Kier molecular flexibility index (Phi) is 10.4. The van der Waals surface area contributed by atoms with Crippen LogP contribution >= 0.6 is 0 Å². The second kappa shape index (κ2) is 13.0.